The molecule has 5 heteroatoms. The van der Waals surface area contributed by atoms with Crippen LogP contribution in [0, 0.1) is 0 Å². The summed E-state index contributed by atoms with van der Waals surface area (Å²) in [6.45, 7) is 15.6. The predicted molar refractivity (Wildman–Crippen MR) is 181 cm³/mol. The highest BCUT2D eigenvalue weighted by Crippen LogP contribution is 2.26. The van der Waals surface area contributed by atoms with Crippen molar-refractivity contribution in [3.05, 3.63) is 35.4 Å². The van der Waals surface area contributed by atoms with E-state index in [-0.39, 0.29) is 14.9 Å². The third-order valence-electron chi connectivity index (χ3n) is 4.69. The van der Waals surface area contributed by atoms with Gasteiger partial charge in [0.15, 0.2) is 0 Å². The highest BCUT2D eigenvalue weighted by atomic mass is 32.2. The molecule has 0 aliphatic carbocycles. The summed E-state index contributed by atoms with van der Waals surface area (Å²) in [5.41, 5.74) is 2.92. The van der Waals surface area contributed by atoms with E-state index in [0.717, 1.165) is 22.0 Å². The number of rotatable bonds is 13. The first kappa shape index (κ1) is 42.1. The number of thioether (sulfide) groups is 5. The molecule has 206 valence electrons. The highest BCUT2D eigenvalue weighted by molar-refractivity contribution is 8.03. The van der Waals surface area contributed by atoms with E-state index in [1.54, 1.807) is 0 Å². The molecule has 34 heavy (non-hydrogen) atoms. The maximum Gasteiger partial charge on any atom is 0.0184 e. The Balaban J connectivity index is -0.000000216. The van der Waals surface area contributed by atoms with Crippen LogP contribution in [0.5, 0.6) is 0 Å². The topological polar surface area (TPSA) is 0 Å². The molecule has 1 rings (SSSR count). The van der Waals surface area contributed by atoms with Crippen LogP contribution in [0.3, 0.4) is 0 Å². The quantitative estimate of drug-likeness (QED) is 0.216. The van der Waals surface area contributed by atoms with Crippen LogP contribution in [0.25, 0.3) is 0 Å². The molecule has 1 aromatic rings. The second-order valence-electron chi connectivity index (χ2n) is 8.60. The fourth-order valence-corrected chi connectivity index (χ4v) is 6.61. The minimum absolute atomic E-state index is 0. The van der Waals surface area contributed by atoms with E-state index in [1.165, 1.54) is 48.3 Å². The lowest BCUT2D eigenvalue weighted by Gasteiger charge is -2.20. The Labute approximate surface area is 238 Å². The van der Waals surface area contributed by atoms with Crippen molar-refractivity contribution >= 4 is 58.8 Å². The molecule has 1 aromatic carbocycles. The van der Waals surface area contributed by atoms with Crippen LogP contribution < -0.4 is 0 Å². The van der Waals surface area contributed by atoms with Gasteiger partial charge in [-0.25, -0.2) is 0 Å². The Morgan fingerprint density at radius 1 is 0.647 bits per heavy atom. The molecule has 0 bridgehead atoms. The molecular weight excluding hydrogens is 509 g/mol. The molecule has 0 saturated heterocycles. The van der Waals surface area contributed by atoms with Gasteiger partial charge in [-0.1, -0.05) is 87.6 Å². The van der Waals surface area contributed by atoms with Crippen molar-refractivity contribution in [2.24, 2.45) is 0 Å². The first-order valence-electron chi connectivity index (χ1n) is 12.1. The van der Waals surface area contributed by atoms with Gasteiger partial charge in [-0.15, -0.1) is 0 Å². The Kier molecular flexibility index (Phi) is 35.3. The van der Waals surface area contributed by atoms with Gasteiger partial charge in [0.25, 0.3) is 0 Å². The summed E-state index contributed by atoms with van der Waals surface area (Å²) in [6.07, 6.45) is 11.7. The van der Waals surface area contributed by atoms with Crippen molar-refractivity contribution in [3.8, 4) is 0 Å². The zero-order valence-corrected chi connectivity index (χ0v) is 26.7. The second-order valence-corrected chi connectivity index (χ2v) is 14.6. The summed E-state index contributed by atoms with van der Waals surface area (Å²) in [7, 11) is 0. The Morgan fingerprint density at radius 3 is 1.12 bits per heavy atom. The van der Waals surface area contributed by atoms with Crippen molar-refractivity contribution in [3.63, 3.8) is 0 Å². The SMILES string of the molecule is C.C.CCC(SC)C(CC)SC.CCCSCc1ccc(CSCCC)cc1.CSC(C)(C)C. The van der Waals surface area contributed by atoms with E-state index < -0.39 is 0 Å². The molecule has 0 radical (unpaired) electrons. The monoisotopic (exact) mass is 568 g/mol. The van der Waals surface area contributed by atoms with Gasteiger partial charge in [0, 0.05) is 26.8 Å². The van der Waals surface area contributed by atoms with E-state index >= 15 is 0 Å². The van der Waals surface area contributed by atoms with Crippen LogP contribution in [-0.4, -0.2) is 45.5 Å². The molecule has 2 atom stereocenters. The molecular formula is C29H60S5. The van der Waals surface area contributed by atoms with Crippen LogP contribution >= 0.6 is 58.8 Å². The molecule has 0 saturated carbocycles. The molecule has 0 N–H and O–H groups in total. The molecule has 0 aromatic heterocycles. The Bertz CT molecular complexity index is 449. The van der Waals surface area contributed by atoms with E-state index in [1.807, 2.05) is 58.8 Å². The molecule has 0 heterocycles. The van der Waals surface area contributed by atoms with E-state index in [0.29, 0.717) is 4.75 Å². The normalized spacial score (nSPS) is 12.1. The number of hydrogen-bond acceptors (Lipinski definition) is 5. The second kappa shape index (κ2) is 28.5. The maximum absolute atomic E-state index is 2.28. The van der Waals surface area contributed by atoms with Crippen LogP contribution in [0.2, 0.25) is 0 Å². The number of hydrogen-bond donors (Lipinski definition) is 0. The van der Waals surface area contributed by atoms with Gasteiger partial charge in [0.2, 0.25) is 0 Å². The smallest absolute Gasteiger partial charge is 0.0184 e. The lowest BCUT2D eigenvalue weighted by atomic mass is 10.2. The van der Waals surface area contributed by atoms with E-state index in [2.05, 4.69) is 91.5 Å². The third-order valence-corrected chi connectivity index (χ3v) is 11.1. The molecule has 0 spiro atoms. The van der Waals surface area contributed by atoms with Crippen LogP contribution in [0.4, 0.5) is 0 Å². The number of benzene rings is 1. The average molecular weight is 569 g/mol. The van der Waals surface area contributed by atoms with Gasteiger partial charge in [-0.3, -0.25) is 0 Å². The molecule has 0 aliphatic rings. The van der Waals surface area contributed by atoms with E-state index in [9.17, 15) is 0 Å². The van der Waals surface area contributed by atoms with Crippen LogP contribution in [-0.2, 0) is 11.5 Å². The molecule has 2 unspecified atom stereocenters. The average Bonchev–Trinajstić information content (AvgIpc) is 2.79. The summed E-state index contributed by atoms with van der Waals surface area (Å²) in [4.78, 5) is 0. The Morgan fingerprint density at radius 2 is 0.941 bits per heavy atom. The first-order valence-corrected chi connectivity index (χ1v) is 18.2. The van der Waals surface area contributed by atoms with Crippen molar-refractivity contribution < 1.29 is 0 Å². The third kappa shape index (κ3) is 26.0. The van der Waals surface area contributed by atoms with Gasteiger partial charge >= 0.3 is 0 Å². The summed E-state index contributed by atoms with van der Waals surface area (Å²) >= 11 is 9.95. The van der Waals surface area contributed by atoms with Crippen molar-refractivity contribution in [1.29, 1.82) is 0 Å². The predicted octanol–water partition coefficient (Wildman–Crippen LogP) is 11.7. The molecule has 0 nitrogen and oxygen atoms in total. The molecule has 0 aliphatic heterocycles. The first-order chi connectivity index (χ1) is 15.2. The van der Waals surface area contributed by atoms with Crippen molar-refractivity contribution in [1.82, 2.24) is 0 Å². The minimum atomic E-state index is 0. The van der Waals surface area contributed by atoms with Gasteiger partial charge < -0.3 is 0 Å². The summed E-state index contributed by atoms with van der Waals surface area (Å²) < 4.78 is 0.458. The molecule has 0 fully saturated rings. The lowest BCUT2D eigenvalue weighted by molar-refractivity contribution is 0.740. The largest absolute Gasteiger partial charge is 0.161 e. The molecule has 0 amide bonds. The minimum Gasteiger partial charge on any atom is -0.161 e. The fraction of sp³-hybridized carbons (Fsp3) is 0.793. The lowest BCUT2D eigenvalue weighted by Crippen LogP contribution is -2.17. The summed E-state index contributed by atoms with van der Waals surface area (Å²) in [5.74, 6) is 4.87. The van der Waals surface area contributed by atoms with Crippen molar-refractivity contribution in [2.45, 2.75) is 116 Å². The fourth-order valence-electron chi connectivity index (χ4n) is 2.56. The zero-order valence-electron chi connectivity index (χ0n) is 22.7. The summed E-state index contributed by atoms with van der Waals surface area (Å²) in [6, 6.07) is 9.13. The zero-order chi connectivity index (χ0) is 24.8. The Hall–Kier alpha value is 0.970. The van der Waals surface area contributed by atoms with Crippen LogP contribution in [0.15, 0.2) is 24.3 Å². The standard InChI is InChI=1S/C14H22S2.C8H18S2.C5H12S.2CH4/c1-3-9-15-11-13-5-7-14(8-6-13)12-16-10-4-2;1-5-7(9-3)8(6-2)10-4;1-5(2,3)6-4;;/h5-8H,3-4,9-12H2,1-2H3;7-8H,5-6H2,1-4H3;1-4H3;2*1H4. The highest BCUT2D eigenvalue weighted by Gasteiger charge is 2.14. The van der Waals surface area contributed by atoms with Crippen molar-refractivity contribution in [2.75, 3.05) is 30.3 Å². The van der Waals surface area contributed by atoms with Gasteiger partial charge in [-0.2, -0.15) is 58.8 Å². The van der Waals surface area contributed by atoms with Gasteiger partial charge in [0.1, 0.15) is 0 Å². The van der Waals surface area contributed by atoms with E-state index in [4.69, 9.17) is 0 Å². The summed E-state index contributed by atoms with van der Waals surface area (Å²) in [5, 5.41) is 1.72. The maximum atomic E-state index is 2.28. The van der Waals surface area contributed by atoms with Gasteiger partial charge in [0.05, 0.1) is 0 Å². The van der Waals surface area contributed by atoms with Crippen LogP contribution in [0.1, 0.15) is 100 Å². The van der Waals surface area contributed by atoms with Gasteiger partial charge in [-0.05, 0) is 67.1 Å².